The molecule has 3 rings (SSSR count). The molecule has 0 unspecified atom stereocenters. The Morgan fingerprint density at radius 2 is 2.11 bits per heavy atom. The number of hydrogen-bond donors (Lipinski definition) is 1. The number of hydrogen-bond acceptors (Lipinski definition) is 3. The van der Waals surface area contributed by atoms with Crippen LogP contribution in [-0.4, -0.2) is 32.0 Å². The summed E-state index contributed by atoms with van der Waals surface area (Å²) in [7, 11) is 0. The van der Waals surface area contributed by atoms with E-state index in [1.807, 2.05) is 0 Å². The van der Waals surface area contributed by atoms with Gasteiger partial charge >= 0.3 is 6.18 Å². The van der Waals surface area contributed by atoms with Crippen LogP contribution in [0.2, 0.25) is 5.02 Å². The number of aryl methyl sites for hydroxylation is 2. The molecule has 0 aromatic carbocycles. The monoisotopic (exact) mass is 467 g/mol. The Morgan fingerprint density at radius 3 is 2.70 bits per heavy atom. The maximum absolute atomic E-state index is 13.0. The van der Waals surface area contributed by atoms with Crippen molar-refractivity contribution in [3.8, 4) is 0 Å². The summed E-state index contributed by atoms with van der Waals surface area (Å²) in [4.78, 5) is 11.9. The van der Waals surface area contributed by atoms with Crippen molar-refractivity contribution < 1.29 is 18.0 Å². The van der Waals surface area contributed by atoms with Gasteiger partial charge in [-0.15, -0.1) is 0 Å². The summed E-state index contributed by atoms with van der Waals surface area (Å²) in [6.07, 6.45) is 1.22. The number of alkyl halides is 3. The lowest BCUT2D eigenvalue weighted by Gasteiger charge is -2.08. The van der Waals surface area contributed by atoms with Crippen LogP contribution in [0.3, 0.4) is 0 Å². The molecule has 1 fully saturated rings. The zero-order chi connectivity index (χ0) is 19.6. The summed E-state index contributed by atoms with van der Waals surface area (Å²) in [6, 6.07) is 0. The van der Waals surface area contributed by atoms with Crippen LogP contribution in [0.25, 0.3) is 0 Å². The van der Waals surface area contributed by atoms with E-state index in [1.54, 1.807) is 17.1 Å². The average molecular weight is 469 g/mol. The van der Waals surface area contributed by atoms with Gasteiger partial charge in [-0.05, 0) is 35.2 Å². The van der Waals surface area contributed by atoms with E-state index < -0.39 is 11.9 Å². The fraction of sp³-hybridized carbons (Fsp3) is 0.562. The van der Waals surface area contributed by atoms with Crippen molar-refractivity contribution in [1.82, 2.24) is 24.9 Å². The molecule has 11 heteroatoms. The van der Waals surface area contributed by atoms with Crippen LogP contribution < -0.4 is 5.32 Å². The van der Waals surface area contributed by atoms with Gasteiger partial charge in [-0.3, -0.25) is 14.2 Å². The second kappa shape index (κ2) is 8.22. The normalized spacial score (nSPS) is 14.6. The number of carbonyl (C=O) groups excluding carboxylic acids is 1. The number of nitrogens with zero attached hydrogens (tertiary/aromatic N) is 4. The number of amides is 1. The van der Waals surface area contributed by atoms with Crippen LogP contribution in [0, 0.1) is 0 Å². The highest BCUT2D eigenvalue weighted by Crippen LogP contribution is 2.46. The van der Waals surface area contributed by atoms with Gasteiger partial charge in [0, 0.05) is 38.2 Å². The van der Waals surface area contributed by atoms with Gasteiger partial charge in [-0.1, -0.05) is 11.6 Å². The third kappa shape index (κ3) is 5.25. The molecule has 6 nitrogen and oxygen atoms in total. The number of nitrogens with one attached hydrogen (secondary N) is 1. The molecule has 0 bridgehead atoms. The minimum Gasteiger partial charge on any atom is -0.356 e. The van der Waals surface area contributed by atoms with Crippen molar-refractivity contribution in [2.45, 2.75) is 50.9 Å². The van der Waals surface area contributed by atoms with Crippen LogP contribution in [0.15, 0.2) is 16.9 Å². The van der Waals surface area contributed by atoms with Gasteiger partial charge in [0.2, 0.25) is 5.91 Å². The molecule has 148 valence electrons. The van der Waals surface area contributed by atoms with Crippen molar-refractivity contribution >= 4 is 33.4 Å². The number of rotatable bonds is 8. The first-order valence-corrected chi connectivity index (χ1v) is 9.71. The zero-order valence-corrected chi connectivity index (χ0v) is 16.6. The molecular weight excluding hydrogens is 451 g/mol. The van der Waals surface area contributed by atoms with E-state index in [0.29, 0.717) is 25.2 Å². The van der Waals surface area contributed by atoms with E-state index in [-0.39, 0.29) is 29.8 Å². The SMILES string of the molecule is O=C(CCn1cc(Br)cn1)NCCCn1nc(C(F)(F)F)c(Cl)c1C1CC1. The van der Waals surface area contributed by atoms with E-state index in [0.717, 1.165) is 17.3 Å². The van der Waals surface area contributed by atoms with Gasteiger partial charge in [-0.25, -0.2) is 0 Å². The Balaban J connectivity index is 1.48. The minimum atomic E-state index is -4.57. The van der Waals surface area contributed by atoms with E-state index in [1.165, 1.54) is 4.68 Å². The molecular formula is C16H18BrClF3N5O. The summed E-state index contributed by atoms with van der Waals surface area (Å²) < 4.78 is 42.9. The Morgan fingerprint density at radius 1 is 1.37 bits per heavy atom. The Bertz CT molecular complexity index is 816. The molecule has 0 aliphatic heterocycles. The fourth-order valence-electron chi connectivity index (χ4n) is 2.77. The van der Waals surface area contributed by atoms with Crippen molar-refractivity contribution in [3.05, 3.63) is 33.3 Å². The van der Waals surface area contributed by atoms with E-state index >= 15 is 0 Å². The van der Waals surface area contributed by atoms with Gasteiger partial charge in [0.25, 0.3) is 0 Å². The molecule has 1 saturated carbocycles. The van der Waals surface area contributed by atoms with Crippen LogP contribution >= 0.6 is 27.5 Å². The highest BCUT2D eigenvalue weighted by Gasteiger charge is 2.41. The molecule has 1 aliphatic carbocycles. The minimum absolute atomic E-state index is 0.0454. The second-order valence-electron chi connectivity index (χ2n) is 6.42. The largest absolute Gasteiger partial charge is 0.436 e. The van der Waals surface area contributed by atoms with E-state index in [2.05, 4.69) is 31.4 Å². The molecule has 0 saturated heterocycles. The van der Waals surface area contributed by atoms with Crippen molar-refractivity contribution in [2.24, 2.45) is 0 Å². The van der Waals surface area contributed by atoms with Gasteiger partial charge in [0.15, 0.2) is 5.69 Å². The quantitative estimate of drug-likeness (QED) is 0.596. The first-order valence-electron chi connectivity index (χ1n) is 8.53. The molecule has 0 spiro atoms. The Kier molecular flexibility index (Phi) is 6.15. The molecule has 2 aromatic rings. The molecule has 2 heterocycles. The predicted octanol–water partition coefficient (Wildman–Crippen LogP) is 3.99. The highest BCUT2D eigenvalue weighted by molar-refractivity contribution is 9.10. The molecule has 0 atom stereocenters. The first kappa shape index (κ1) is 20.2. The van der Waals surface area contributed by atoms with E-state index in [4.69, 9.17) is 11.6 Å². The molecule has 1 N–H and O–H groups in total. The number of aromatic nitrogens is 4. The maximum Gasteiger partial charge on any atom is 0.436 e. The van der Waals surface area contributed by atoms with Crippen LogP contribution in [0.5, 0.6) is 0 Å². The lowest BCUT2D eigenvalue weighted by molar-refractivity contribution is -0.141. The van der Waals surface area contributed by atoms with Gasteiger partial charge in [0.05, 0.1) is 21.4 Å². The van der Waals surface area contributed by atoms with Crippen LogP contribution in [0.4, 0.5) is 13.2 Å². The number of carbonyl (C=O) groups is 1. The standard InChI is InChI=1S/C16H18BrClF3N5O/c17-11-8-23-25(9-11)7-4-12(27)22-5-1-6-26-14(10-2-3-10)13(18)15(24-26)16(19,20)21/h8-10H,1-7H2,(H,22,27). The van der Waals surface area contributed by atoms with Gasteiger partial charge in [-0.2, -0.15) is 23.4 Å². The van der Waals surface area contributed by atoms with Crippen LogP contribution in [-0.2, 0) is 24.1 Å². The van der Waals surface area contributed by atoms with Gasteiger partial charge in [0.1, 0.15) is 0 Å². The van der Waals surface area contributed by atoms with Crippen molar-refractivity contribution in [3.63, 3.8) is 0 Å². The van der Waals surface area contributed by atoms with E-state index in [9.17, 15) is 18.0 Å². The summed E-state index contributed by atoms with van der Waals surface area (Å²) in [5.74, 6) is -0.0948. The second-order valence-corrected chi connectivity index (χ2v) is 7.71. The summed E-state index contributed by atoms with van der Waals surface area (Å²) in [5, 5.41) is 10.2. The lowest BCUT2D eigenvalue weighted by atomic mass is 10.2. The summed E-state index contributed by atoms with van der Waals surface area (Å²) >= 11 is 9.21. The molecule has 0 radical (unpaired) electrons. The topological polar surface area (TPSA) is 64.7 Å². The van der Waals surface area contributed by atoms with Crippen LogP contribution in [0.1, 0.15) is 43.0 Å². The Labute approximate surface area is 167 Å². The predicted molar refractivity (Wildman–Crippen MR) is 96.4 cm³/mol. The smallest absolute Gasteiger partial charge is 0.356 e. The Hall–Kier alpha value is -1.55. The third-order valence-corrected chi connectivity index (χ3v) is 4.98. The summed E-state index contributed by atoms with van der Waals surface area (Å²) in [5.41, 5.74) is -0.569. The summed E-state index contributed by atoms with van der Waals surface area (Å²) in [6.45, 7) is 1.07. The highest BCUT2D eigenvalue weighted by atomic mass is 79.9. The zero-order valence-electron chi connectivity index (χ0n) is 14.3. The molecule has 1 amide bonds. The van der Waals surface area contributed by atoms with Gasteiger partial charge < -0.3 is 5.32 Å². The van der Waals surface area contributed by atoms with Crippen molar-refractivity contribution in [2.75, 3.05) is 6.54 Å². The average Bonchev–Trinajstić information content (AvgIpc) is 3.24. The first-order chi connectivity index (χ1) is 12.8. The lowest BCUT2D eigenvalue weighted by Crippen LogP contribution is -2.26. The molecule has 1 aliphatic rings. The molecule has 27 heavy (non-hydrogen) atoms. The third-order valence-electron chi connectivity index (χ3n) is 4.20. The van der Waals surface area contributed by atoms with Crippen molar-refractivity contribution in [1.29, 1.82) is 0 Å². The number of halogens is 5. The fourth-order valence-corrected chi connectivity index (χ4v) is 3.50. The maximum atomic E-state index is 13.0. The molecule has 2 aromatic heterocycles.